The largest absolute Gasteiger partial charge is 0.396 e. The van der Waals surface area contributed by atoms with Crippen molar-refractivity contribution in [1.29, 1.82) is 0 Å². The zero-order valence-electron chi connectivity index (χ0n) is 9.89. The Labute approximate surface area is 106 Å². The molecule has 2 rings (SSSR count). The molecule has 2 aromatic rings. The zero-order valence-corrected chi connectivity index (χ0v) is 10.6. The SMILES string of the molecule is CN(Cc1cnn(C)c1)c1cccc(Cl)c1N. The van der Waals surface area contributed by atoms with Crippen molar-refractivity contribution in [2.75, 3.05) is 17.7 Å². The molecular formula is C12H15ClN4. The Morgan fingerprint density at radius 1 is 1.47 bits per heavy atom. The molecule has 0 amide bonds. The first-order valence-corrected chi connectivity index (χ1v) is 5.68. The molecule has 0 radical (unpaired) electrons. The fourth-order valence-electron chi connectivity index (χ4n) is 1.77. The van der Waals surface area contributed by atoms with Gasteiger partial charge < -0.3 is 10.6 Å². The second-order valence-corrected chi connectivity index (χ2v) is 4.46. The first-order chi connectivity index (χ1) is 8.08. The first kappa shape index (κ1) is 11.8. The van der Waals surface area contributed by atoms with Crippen LogP contribution >= 0.6 is 11.6 Å². The summed E-state index contributed by atoms with van der Waals surface area (Å²) < 4.78 is 1.78. The molecule has 2 N–H and O–H groups in total. The van der Waals surface area contributed by atoms with Gasteiger partial charge in [0.05, 0.1) is 22.6 Å². The van der Waals surface area contributed by atoms with Gasteiger partial charge in [-0.3, -0.25) is 4.68 Å². The zero-order chi connectivity index (χ0) is 12.4. The standard InChI is InChI=1S/C12H15ClN4/c1-16(7-9-6-15-17(2)8-9)11-5-3-4-10(13)12(11)14/h3-6,8H,7,14H2,1-2H3. The van der Waals surface area contributed by atoms with E-state index in [1.807, 2.05) is 38.6 Å². The summed E-state index contributed by atoms with van der Waals surface area (Å²) >= 11 is 6.00. The van der Waals surface area contributed by atoms with Crippen molar-refractivity contribution in [2.24, 2.45) is 7.05 Å². The van der Waals surface area contributed by atoms with E-state index in [4.69, 9.17) is 17.3 Å². The molecule has 0 atom stereocenters. The summed E-state index contributed by atoms with van der Waals surface area (Å²) in [5, 5.41) is 4.72. The highest BCUT2D eigenvalue weighted by atomic mass is 35.5. The van der Waals surface area contributed by atoms with Crippen molar-refractivity contribution < 1.29 is 0 Å². The van der Waals surface area contributed by atoms with Gasteiger partial charge in [-0.2, -0.15) is 5.10 Å². The lowest BCUT2D eigenvalue weighted by Gasteiger charge is -2.20. The third-order valence-electron chi connectivity index (χ3n) is 2.62. The lowest BCUT2D eigenvalue weighted by Crippen LogP contribution is -2.17. The van der Waals surface area contributed by atoms with Gasteiger partial charge in [0.25, 0.3) is 0 Å². The van der Waals surface area contributed by atoms with Crippen molar-refractivity contribution in [3.05, 3.63) is 41.2 Å². The number of para-hydroxylation sites is 1. The average Bonchev–Trinajstić information content (AvgIpc) is 2.68. The van der Waals surface area contributed by atoms with Gasteiger partial charge in [0, 0.05) is 32.4 Å². The molecule has 0 bridgehead atoms. The number of aromatic nitrogens is 2. The van der Waals surface area contributed by atoms with Crippen molar-refractivity contribution in [3.63, 3.8) is 0 Å². The maximum absolute atomic E-state index is 6.00. The smallest absolute Gasteiger partial charge is 0.0741 e. The lowest BCUT2D eigenvalue weighted by molar-refractivity contribution is 0.766. The summed E-state index contributed by atoms with van der Waals surface area (Å²) in [4.78, 5) is 2.05. The lowest BCUT2D eigenvalue weighted by atomic mass is 10.2. The van der Waals surface area contributed by atoms with Crippen molar-refractivity contribution in [2.45, 2.75) is 6.54 Å². The molecule has 1 aromatic heterocycles. The van der Waals surface area contributed by atoms with Gasteiger partial charge in [0.2, 0.25) is 0 Å². The molecule has 17 heavy (non-hydrogen) atoms. The maximum atomic E-state index is 6.00. The second-order valence-electron chi connectivity index (χ2n) is 4.05. The van der Waals surface area contributed by atoms with E-state index in [1.54, 1.807) is 10.7 Å². The molecule has 5 heteroatoms. The molecule has 0 unspecified atom stereocenters. The van der Waals surface area contributed by atoms with Gasteiger partial charge in [-0.05, 0) is 12.1 Å². The minimum absolute atomic E-state index is 0.584. The van der Waals surface area contributed by atoms with Crippen LogP contribution in [-0.4, -0.2) is 16.8 Å². The monoisotopic (exact) mass is 250 g/mol. The molecule has 0 fully saturated rings. The number of nitrogens with two attached hydrogens (primary N) is 1. The van der Waals surface area contributed by atoms with Crippen molar-refractivity contribution in [3.8, 4) is 0 Å². The van der Waals surface area contributed by atoms with Crippen LogP contribution in [0.3, 0.4) is 0 Å². The number of hydrogen-bond acceptors (Lipinski definition) is 3. The number of benzene rings is 1. The van der Waals surface area contributed by atoms with Crippen LogP contribution < -0.4 is 10.6 Å². The van der Waals surface area contributed by atoms with Crippen LogP contribution in [0.5, 0.6) is 0 Å². The molecule has 0 aliphatic rings. The van der Waals surface area contributed by atoms with E-state index in [0.29, 0.717) is 10.7 Å². The van der Waals surface area contributed by atoms with Gasteiger partial charge in [0.1, 0.15) is 0 Å². The highest BCUT2D eigenvalue weighted by Crippen LogP contribution is 2.29. The van der Waals surface area contributed by atoms with E-state index >= 15 is 0 Å². The van der Waals surface area contributed by atoms with E-state index in [0.717, 1.165) is 17.8 Å². The third kappa shape index (κ3) is 2.53. The number of anilines is 2. The Kier molecular flexibility index (Phi) is 3.24. The Hall–Kier alpha value is -1.68. The minimum atomic E-state index is 0.584. The summed E-state index contributed by atoms with van der Waals surface area (Å²) in [6.07, 6.45) is 3.83. The maximum Gasteiger partial charge on any atom is 0.0741 e. The topological polar surface area (TPSA) is 47.1 Å². The third-order valence-corrected chi connectivity index (χ3v) is 2.95. The van der Waals surface area contributed by atoms with E-state index in [-0.39, 0.29) is 0 Å². The summed E-state index contributed by atoms with van der Waals surface area (Å²) in [6, 6.07) is 5.64. The normalized spacial score (nSPS) is 10.5. The Bertz CT molecular complexity index is 521. The molecule has 90 valence electrons. The van der Waals surface area contributed by atoms with Gasteiger partial charge in [-0.1, -0.05) is 17.7 Å². The van der Waals surface area contributed by atoms with Crippen molar-refractivity contribution in [1.82, 2.24) is 9.78 Å². The number of rotatable bonds is 3. The van der Waals surface area contributed by atoms with Crippen LogP contribution in [0.15, 0.2) is 30.6 Å². The van der Waals surface area contributed by atoms with Gasteiger partial charge >= 0.3 is 0 Å². The van der Waals surface area contributed by atoms with E-state index in [2.05, 4.69) is 10.00 Å². The molecule has 0 aliphatic heterocycles. The summed E-state index contributed by atoms with van der Waals surface area (Å²) in [6.45, 7) is 0.748. The fraction of sp³-hybridized carbons (Fsp3) is 0.250. The summed E-state index contributed by atoms with van der Waals surface area (Å²) in [7, 11) is 3.88. The van der Waals surface area contributed by atoms with E-state index in [1.165, 1.54) is 0 Å². The fourth-order valence-corrected chi connectivity index (χ4v) is 1.94. The van der Waals surface area contributed by atoms with E-state index in [9.17, 15) is 0 Å². The van der Waals surface area contributed by atoms with Crippen LogP contribution in [0.25, 0.3) is 0 Å². The minimum Gasteiger partial charge on any atom is -0.396 e. The molecule has 0 spiro atoms. The number of nitrogen functional groups attached to an aromatic ring is 1. The molecule has 0 aliphatic carbocycles. The van der Waals surface area contributed by atoms with Crippen molar-refractivity contribution >= 4 is 23.0 Å². The van der Waals surface area contributed by atoms with Crippen LogP contribution in [0.1, 0.15) is 5.56 Å². The molecule has 4 nitrogen and oxygen atoms in total. The highest BCUT2D eigenvalue weighted by molar-refractivity contribution is 6.33. The van der Waals surface area contributed by atoms with Gasteiger partial charge in [0.15, 0.2) is 0 Å². The number of aryl methyl sites for hydroxylation is 1. The Morgan fingerprint density at radius 3 is 2.88 bits per heavy atom. The first-order valence-electron chi connectivity index (χ1n) is 5.30. The summed E-state index contributed by atoms with van der Waals surface area (Å²) in [5.74, 6) is 0. The van der Waals surface area contributed by atoms with Crippen LogP contribution in [-0.2, 0) is 13.6 Å². The molecule has 1 heterocycles. The summed E-state index contributed by atoms with van der Waals surface area (Å²) in [5.41, 5.74) is 8.63. The van der Waals surface area contributed by atoms with Crippen LogP contribution in [0.4, 0.5) is 11.4 Å². The average molecular weight is 251 g/mol. The Balaban J connectivity index is 2.20. The molecular weight excluding hydrogens is 236 g/mol. The Morgan fingerprint density at radius 2 is 2.24 bits per heavy atom. The molecule has 0 saturated carbocycles. The number of hydrogen-bond donors (Lipinski definition) is 1. The number of halogens is 1. The molecule has 1 aromatic carbocycles. The molecule has 0 saturated heterocycles. The van der Waals surface area contributed by atoms with Gasteiger partial charge in [-0.15, -0.1) is 0 Å². The predicted molar refractivity (Wildman–Crippen MR) is 71.2 cm³/mol. The number of nitrogens with zero attached hydrogens (tertiary/aromatic N) is 3. The van der Waals surface area contributed by atoms with Gasteiger partial charge in [-0.25, -0.2) is 0 Å². The quantitative estimate of drug-likeness (QED) is 0.851. The van der Waals surface area contributed by atoms with E-state index < -0.39 is 0 Å². The second kappa shape index (κ2) is 4.67. The van der Waals surface area contributed by atoms with Crippen LogP contribution in [0.2, 0.25) is 5.02 Å². The predicted octanol–water partition coefficient (Wildman–Crippen LogP) is 2.29. The highest BCUT2D eigenvalue weighted by Gasteiger charge is 2.09. The van der Waals surface area contributed by atoms with Crippen LogP contribution in [0, 0.1) is 0 Å².